The minimum absolute atomic E-state index is 0.121. The SMILES string of the molecule is CC(=O)Nc1ccc(S(=O)(=O)n2cc(C)nc2-c2ccccc2)cc1. The highest BCUT2D eigenvalue weighted by molar-refractivity contribution is 7.90. The van der Waals surface area contributed by atoms with E-state index in [0.29, 0.717) is 22.8 Å². The van der Waals surface area contributed by atoms with Gasteiger partial charge in [0.05, 0.1) is 10.6 Å². The molecular formula is C18H17N3O3S. The van der Waals surface area contributed by atoms with E-state index in [1.54, 1.807) is 19.1 Å². The van der Waals surface area contributed by atoms with E-state index in [1.165, 1.54) is 29.2 Å². The number of aromatic nitrogens is 2. The lowest BCUT2D eigenvalue weighted by Crippen LogP contribution is -2.14. The van der Waals surface area contributed by atoms with Gasteiger partial charge in [0.2, 0.25) is 5.91 Å². The number of imidazole rings is 1. The van der Waals surface area contributed by atoms with Crippen LogP contribution < -0.4 is 5.32 Å². The second-order valence-corrected chi connectivity index (χ2v) is 7.39. The van der Waals surface area contributed by atoms with Gasteiger partial charge in [-0.15, -0.1) is 0 Å². The molecule has 1 amide bonds. The van der Waals surface area contributed by atoms with Gasteiger partial charge in [-0.05, 0) is 31.2 Å². The second-order valence-electron chi connectivity index (χ2n) is 5.58. The van der Waals surface area contributed by atoms with E-state index >= 15 is 0 Å². The van der Waals surface area contributed by atoms with Crippen molar-refractivity contribution in [2.24, 2.45) is 0 Å². The molecule has 0 aliphatic carbocycles. The van der Waals surface area contributed by atoms with Crippen LogP contribution in [-0.2, 0) is 14.8 Å². The third-order valence-corrected chi connectivity index (χ3v) is 5.22. The average Bonchev–Trinajstić information content (AvgIpc) is 2.98. The third kappa shape index (κ3) is 3.46. The van der Waals surface area contributed by atoms with Crippen LogP contribution >= 0.6 is 0 Å². The highest BCUT2D eigenvalue weighted by Crippen LogP contribution is 2.25. The van der Waals surface area contributed by atoms with E-state index in [9.17, 15) is 13.2 Å². The van der Waals surface area contributed by atoms with Crippen molar-refractivity contribution < 1.29 is 13.2 Å². The minimum atomic E-state index is -3.80. The number of hydrogen-bond donors (Lipinski definition) is 1. The first-order valence-corrected chi connectivity index (χ1v) is 9.06. The van der Waals surface area contributed by atoms with Crippen LogP contribution in [0.5, 0.6) is 0 Å². The van der Waals surface area contributed by atoms with Crippen molar-refractivity contribution in [1.29, 1.82) is 0 Å². The van der Waals surface area contributed by atoms with Gasteiger partial charge in [-0.1, -0.05) is 30.3 Å². The summed E-state index contributed by atoms with van der Waals surface area (Å²) in [4.78, 5) is 15.6. The second kappa shape index (κ2) is 6.52. The molecule has 1 aromatic heterocycles. The normalized spacial score (nSPS) is 11.3. The zero-order valence-corrected chi connectivity index (χ0v) is 14.6. The molecule has 2 aromatic carbocycles. The van der Waals surface area contributed by atoms with Crippen LogP contribution in [0.15, 0.2) is 65.7 Å². The fourth-order valence-corrected chi connectivity index (χ4v) is 3.84. The summed E-state index contributed by atoms with van der Waals surface area (Å²) < 4.78 is 27.2. The first-order chi connectivity index (χ1) is 11.9. The van der Waals surface area contributed by atoms with E-state index in [1.807, 2.05) is 30.3 Å². The third-order valence-electron chi connectivity index (χ3n) is 3.56. The number of aryl methyl sites for hydroxylation is 1. The Morgan fingerprint density at radius 3 is 2.28 bits per heavy atom. The summed E-state index contributed by atoms with van der Waals surface area (Å²) in [7, 11) is -3.80. The molecule has 128 valence electrons. The van der Waals surface area contributed by atoms with Gasteiger partial charge < -0.3 is 5.32 Å². The summed E-state index contributed by atoms with van der Waals surface area (Å²) in [5.41, 5.74) is 1.86. The van der Waals surface area contributed by atoms with E-state index in [2.05, 4.69) is 10.3 Å². The molecule has 0 saturated carbocycles. The Balaban J connectivity index is 2.05. The molecule has 6 nitrogen and oxygen atoms in total. The molecule has 25 heavy (non-hydrogen) atoms. The molecule has 0 saturated heterocycles. The average molecular weight is 355 g/mol. The monoisotopic (exact) mass is 355 g/mol. The molecular weight excluding hydrogens is 338 g/mol. The maximum Gasteiger partial charge on any atom is 0.269 e. The maximum absolute atomic E-state index is 13.0. The number of carbonyl (C=O) groups is 1. The zero-order valence-electron chi connectivity index (χ0n) is 13.8. The summed E-state index contributed by atoms with van der Waals surface area (Å²) in [5.74, 6) is 0.149. The maximum atomic E-state index is 13.0. The number of hydrogen-bond acceptors (Lipinski definition) is 4. The van der Waals surface area contributed by atoms with Crippen molar-refractivity contribution >= 4 is 21.6 Å². The number of anilines is 1. The molecule has 3 aromatic rings. The highest BCUT2D eigenvalue weighted by atomic mass is 32.2. The number of benzene rings is 2. The predicted molar refractivity (Wildman–Crippen MR) is 95.7 cm³/mol. The first-order valence-electron chi connectivity index (χ1n) is 7.62. The van der Waals surface area contributed by atoms with Crippen LogP contribution in [0.3, 0.4) is 0 Å². The largest absolute Gasteiger partial charge is 0.326 e. The van der Waals surface area contributed by atoms with Crippen LogP contribution in [0, 0.1) is 6.92 Å². The van der Waals surface area contributed by atoms with Gasteiger partial charge in [0.1, 0.15) is 0 Å². The molecule has 0 bridgehead atoms. The molecule has 0 aliphatic heterocycles. The van der Waals surface area contributed by atoms with E-state index in [4.69, 9.17) is 0 Å². The van der Waals surface area contributed by atoms with Crippen LogP contribution in [0.4, 0.5) is 5.69 Å². The molecule has 0 unspecified atom stereocenters. The standard InChI is InChI=1S/C18H17N3O3S/c1-13-12-21(18(19-13)15-6-4-3-5-7-15)25(23,24)17-10-8-16(9-11-17)20-14(2)22/h3-12H,1-2H3,(H,20,22). The fraction of sp³-hybridized carbons (Fsp3) is 0.111. The van der Waals surface area contributed by atoms with Crippen LogP contribution in [0.1, 0.15) is 12.6 Å². The number of carbonyl (C=O) groups excluding carboxylic acids is 1. The van der Waals surface area contributed by atoms with Gasteiger partial charge in [0.25, 0.3) is 10.0 Å². The van der Waals surface area contributed by atoms with E-state index in [0.717, 1.165) is 0 Å². The lowest BCUT2D eigenvalue weighted by molar-refractivity contribution is -0.114. The number of nitrogens with one attached hydrogen (secondary N) is 1. The molecule has 0 aliphatic rings. The molecule has 7 heteroatoms. The number of rotatable bonds is 4. The summed E-state index contributed by atoms with van der Waals surface area (Å²) >= 11 is 0. The van der Waals surface area contributed by atoms with Gasteiger partial charge in [-0.3, -0.25) is 4.79 Å². The lowest BCUT2D eigenvalue weighted by Gasteiger charge is -2.10. The zero-order chi connectivity index (χ0) is 18.0. The van der Waals surface area contributed by atoms with Crippen molar-refractivity contribution in [3.63, 3.8) is 0 Å². The Labute approximate surface area is 146 Å². The van der Waals surface area contributed by atoms with E-state index < -0.39 is 10.0 Å². The molecule has 0 spiro atoms. The number of nitrogens with zero attached hydrogens (tertiary/aromatic N) is 2. The lowest BCUT2D eigenvalue weighted by atomic mass is 10.2. The molecule has 0 radical (unpaired) electrons. The quantitative estimate of drug-likeness (QED) is 0.780. The van der Waals surface area contributed by atoms with Crippen molar-refractivity contribution in [1.82, 2.24) is 8.96 Å². The summed E-state index contributed by atoms with van der Waals surface area (Å²) in [6.45, 7) is 3.14. The summed E-state index contributed by atoms with van der Waals surface area (Å²) in [6, 6.07) is 15.2. The Morgan fingerprint density at radius 1 is 1.04 bits per heavy atom. The smallest absolute Gasteiger partial charge is 0.269 e. The summed E-state index contributed by atoms with van der Waals surface area (Å²) in [5, 5.41) is 2.61. The van der Waals surface area contributed by atoms with Gasteiger partial charge in [-0.25, -0.2) is 17.4 Å². The van der Waals surface area contributed by atoms with Gasteiger partial charge in [-0.2, -0.15) is 0 Å². The highest BCUT2D eigenvalue weighted by Gasteiger charge is 2.22. The Morgan fingerprint density at radius 2 is 1.68 bits per heavy atom. The first kappa shape index (κ1) is 16.9. The minimum Gasteiger partial charge on any atom is -0.326 e. The van der Waals surface area contributed by atoms with Crippen molar-refractivity contribution in [2.45, 2.75) is 18.7 Å². The molecule has 0 atom stereocenters. The van der Waals surface area contributed by atoms with Gasteiger partial charge in [0.15, 0.2) is 5.82 Å². The summed E-state index contributed by atoms with van der Waals surface area (Å²) in [6.07, 6.45) is 1.50. The predicted octanol–water partition coefficient (Wildman–Crippen LogP) is 3.05. The van der Waals surface area contributed by atoms with Gasteiger partial charge in [0, 0.05) is 24.4 Å². The van der Waals surface area contributed by atoms with E-state index in [-0.39, 0.29) is 10.8 Å². The molecule has 3 rings (SSSR count). The van der Waals surface area contributed by atoms with Crippen molar-refractivity contribution in [3.8, 4) is 11.4 Å². The topological polar surface area (TPSA) is 81.1 Å². The fourth-order valence-electron chi connectivity index (χ4n) is 2.47. The molecule has 1 heterocycles. The van der Waals surface area contributed by atoms with Gasteiger partial charge >= 0.3 is 0 Å². The van der Waals surface area contributed by atoms with Crippen LogP contribution in [0.2, 0.25) is 0 Å². The Hall–Kier alpha value is -2.93. The Bertz CT molecular complexity index is 1010. The molecule has 1 N–H and O–H groups in total. The molecule has 0 fully saturated rings. The van der Waals surface area contributed by atoms with Crippen molar-refractivity contribution in [2.75, 3.05) is 5.32 Å². The van der Waals surface area contributed by atoms with Crippen molar-refractivity contribution in [3.05, 3.63) is 66.5 Å². The number of amides is 1. The van der Waals surface area contributed by atoms with Crippen LogP contribution in [-0.4, -0.2) is 23.3 Å². The van der Waals surface area contributed by atoms with Crippen LogP contribution in [0.25, 0.3) is 11.4 Å². The Kier molecular flexibility index (Phi) is 4.41.